The average molecular weight is 437 g/mol. The molecule has 6 nitrogen and oxygen atoms in total. The maximum Gasteiger partial charge on any atom is 0.243 e. The molecule has 0 radical (unpaired) electrons. The Kier molecular flexibility index (Phi) is 5.48. The summed E-state index contributed by atoms with van der Waals surface area (Å²) >= 11 is 6.00. The summed E-state index contributed by atoms with van der Waals surface area (Å²) < 4.78 is 26.9. The SMILES string of the molecule is O=S(=O)(c1ccccc1)N1C[C@@H](O)[C@](O)(CNC2(c3ccc(Cl)cc3)CCC2)C1. The van der Waals surface area contributed by atoms with Crippen LogP contribution in [0.4, 0.5) is 0 Å². The number of nitrogens with zero attached hydrogens (tertiary/aromatic N) is 1. The molecule has 2 atom stereocenters. The second kappa shape index (κ2) is 7.65. The first-order valence-corrected chi connectivity index (χ1v) is 11.5. The number of aliphatic hydroxyl groups excluding tert-OH is 1. The van der Waals surface area contributed by atoms with Gasteiger partial charge in [0.25, 0.3) is 0 Å². The van der Waals surface area contributed by atoms with Crippen molar-refractivity contribution >= 4 is 21.6 Å². The summed E-state index contributed by atoms with van der Waals surface area (Å²) in [6.07, 6.45) is 1.71. The maximum atomic E-state index is 12.9. The van der Waals surface area contributed by atoms with Gasteiger partial charge < -0.3 is 15.5 Å². The third kappa shape index (κ3) is 3.83. The van der Waals surface area contributed by atoms with Crippen LogP contribution in [0.3, 0.4) is 0 Å². The van der Waals surface area contributed by atoms with Crippen LogP contribution in [0.25, 0.3) is 0 Å². The molecule has 8 heteroatoms. The van der Waals surface area contributed by atoms with E-state index in [1.807, 2.05) is 24.3 Å². The first kappa shape index (κ1) is 20.8. The van der Waals surface area contributed by atoms with E-state index in [2.05, 4.69) is 5.32 Å². The summed E-state index contributed by atoms with van der Waals surface area (Å²) in [6, 6.07) is 15.7. The highest BCUT2D eigenvalue weighted by atomic mass is 35.5. The molecule has 0 unspecified atom stereocenters. The van der Waals surface area contributed by atoms with E-state index in [4.69, 9.17) is 11.6 Å². The van der Waals surface area contributed by atoms with Gasteiger partial charge >= 0.3 is 0 Å². The Morgan fingerprint density at radius 2 is 1.76 bits per heavy atom. The molecule has 2 fully saturated rings. The van der Waals surface area contributed by atoms with E-state index < -0.39 is 21.7 Å². The number of β-amino-alcohol motifs (C(OH)–C–C–N with tert-alkyl or cyclic N) is 2. The maximum absolute atomic E-state index is 12.9. The number of rotatable bonds is 6. The fourth-order valence-corrected chi connectivity index (χ4v) is 5.78. The summed E-state index contributed by atoms with van der Waals surface area (Å²) in [5, 5.41) is 25.7. The second-order valence-corrected chi connectivity index (χ2v) is 10.4. The fraction of sp³-hybridized carbons (Fsp3) is 0.429. The molecule has 0 amide bonds. The van der Waals surface area contributed by atoms with Crippen molar-refractivity contribution < 1.29 is 18.6 Å². The van der Waals surface area contributed by atoms with Crippen molar-refractivity contribution in [1.82, 2.24) is 9.62 Å². The van der Waals surface area contributed by atoms with Gasteiger partial charge in [0.15, 0.2) is 0 Å². The highest BCUT2D eigenvalue weighted by molar-refractivity contribution is 7.89. The second-order valence-electron chi connectivity index (χ2n) is 8.03. The van der Waals surface area contributed by atoms with Gasteiger partial charge in [0.05, 0.1) is 11.0 Å². The summed E-state index contributed by atoms with van der Waals surface area (Å²) in [4.78, 5) is 0.154. The third-order valence-electron chi connectivity index (χ3n) is 6.16. The van der Waals surface area contributed by atoms with E-state index in [1.54, 1.807) is 18.2 Å². The van der Waals surface area contributed by atoms with Crippen LogP contribution < -0.4 is 5.32 Å². The van der Waals surface area contributed by atoms with Crippen LogP contribution in [-0.2, 0) is 15.6 Å². The van der Waals surface area contributed by atoms with Gasteiger partial charge in [0, 0.05) is 30.2 Å². The Hall–Kier alpha value is -1.48. The minimum Gasteiger partial charge on any atom is -0.389 e. The Bertz CT molecular complexity index is 964. The molecule has 2 aliphatic rings. The van der Waals surface area contributed by atoms with Crippen molar-refractivity contribution in [1.29, 1.82) is 0 Å². The van der Waals surface area contributed by atoms with Gasteiger partial charge in [-0.25, -0.2) is 8.42 Å². The van der Waals surface area contributed by atoms with Crippen LogP contribution in [-0.4, -0.2) is 54.3 Å². The van der Waals surface area contributed by atoms with Gasteiger partial charge in [-0.3, -0.25) is 0 Å². The van der Waals surface area contributed by atoms with Gasteiger partial charge in [-0.2, -0.15) is 4.31 Å². The van der Waals surface area contributed by atoms with Crippen LogP contribution in [0.15, 0.2) is 59.5 Å². The van der Waals surface area contributed by atoms with Crippen LogP contribution >= 0.6 is 11.6 Å². The molecular formula is C21H25ClN2O4S. The van der Waals surface area contributed by atoms with E-state index in [9.17, 15) is 18.6 Å². The first-order valence-electron chi connectivity index (χ1n) is 9.72. The zero-order valence-corrected chi connectivity index (χ0v) is 17.5. The number of hydrogen-bond donors (Lipinski definition) is 3. The van der Waals surface area contributed by atoms with E-state index in [1.165, 1.54) is 12.1 Å². The Morgan fingerprint density at radius 1 is 1.10 bits per heavy atom. The average Bonchev–Trinajstić information content (AvgIpc) is 2.99. The van der Waals surface area contributed by atoms with Crippen LogP contribution in [0.1, 0.15) is 24.8 Å². The Balaban J connectivity index is 1.49. The largest absolute Gasteiger partial charge is 0.389 e. The zero-order valence-electron chi connectivity index (χ0n) is 16.0. The van der Waals surface area contributed by atoms with Crippen LogP contribution in [0.2, 0.25) is 5.02 Å². The van der Waals surface area contributed by atoms with Gasteiger partial charge in [-0.15, -0.1) is 0 Å². The van der Waals surface area contributed by atoms with Crippen molar-refractivity contribution in [2.75, 3.05) is 19.6 Å². The van der Waals surface area contributed by atoms with E-state index in [0.29, 0.717) is 5.02 Å². The molecule has 0 spiro atoms. The number of aliphatic hydroxyl groups is 2. The van der Waals surface area contributed by atoms with Gasteiger partial charge in [0.1, 0.15) is 5.60 Å². The minimum absolute atomic E-state index is 0.0948. The molecule has 1 saturated carbocycles. The molecule has 1 aliphatic carbocycles. The van der Waals surface area contributed by atoms with Crippen molar-refractivity contribution in [2.45, 2.75) is 41.4 Å². The van der Waals surface area contributed by atoms with Crippen molar-refractivity contribution in [3.05, 3.63) is 65.2 Å². The first-order chi connectivity index (χ1) is 13.8. The number of benzene rings is 2. The molecule has 4 rings (SSSR count). The summed E-state index contributed by atoms with van der Waals surface area (Å²) in [6.45, 7) is -0.198. The molecule has 1 aliphatic heterocycles. The van der Waals surface area contributed by atoms with E-state index >= 15 is 0 Å². The lowest BCUT2D eigenvalue weighted by atomic mass is 9.71. The predicted octanol–water partition coefficient (Wildman–Crippen LogP) is 2.11. The van der Waals surface area contributed by atoms with Gasteiger partial charge in [-0.1, -0.05) is 41.9 Å². The van der Waals surface area contributed by atoms with E-state index in [-0.39, 0.29) is 30.1 Å². The number of sulfonamides is 1. The minimum atomic E-state index is -3.77. The van der Waals surface area contributed by atoms with Crippen molar-refractivity contribution in [3.8, 4) is 0 Å². The quantitative estimate of drug-likeness (QED) is 0.645. The zero-order chi connectivity index (χ0) is 20.7. The lowest BCUT2D eigenvalue weighted by Crippen LogP contribution is -2.57. The van der Waals surface area contributed by atoms with E-state index in [0.717, 1.165) is 29.1 Å². The Labute approximate surface area is 176 Å². The predicted molar refractivity (Wildman–Crippen MR) is 111 cm³/mol. The normalized spacial score (nSPS) is 26.9. The lowest BCUT2D eigenvalue weighted by molar-refractivity contribution is -0.0469. The topological polar surface area (TPSA) is 89.9 Å². The standard InChI is InChI=1S/C21H25ClN2O4S/c22-17-9-7-16(8-10-17)20(11-4-12-20)23-14-21(26)15-24(13-19(21)25)29(27,28)18-5-2-1-3-6-18/h1-3,5-10,19,23,25-26H,4,11-15H2/t19-,21+/m1/s1. The lowest BCUT2D eigenvalue weighted by Gasteiger charge is -2.45. The Morgan fingerprint density at radius 3 is 2.34 bits per heavy atom. The highest BCUT2D eigenvalue weighted by Crippen LogP contribution is 2.42. The van der Waals surface area contributed by atoms with Crippen molar-refractivity contribution in [3.63, 3.8) is 0 Å². The number of halogens is 1. The molecule has 2 aromatic rings. The molecule has 29 heavy (non-hydrogen) atoms. The smallest absolute Gasteiger partial charge is 0.243 e. The molecule has 3 N–H and O–H groups in total. The summed E-state index contributed by atoms with van der Waals surface area (Å²) in [5.74, 6) is 0. The molecule has 1 heterocycles. The fourth-order valence-electron chi connectivity index (χ4n) is 4.13. The van der Waals surface area contributed by atoms with Crippen LogP contribution in [0.5, 0.6) is 0 Å². The van der Waals surface area contributed by atoms with Crippen LogP contribution in [0, 0.1) is 0 Å². The number of hydrogen-bond acceptors (Lipinski definition) is 5. The van der Waals surface area contributed by atoms with Gasteiger partial charge in [0.2, 0.25) is 10.0 Å². The summed E-state index contributed by atoms with van der Waals surface area (Å²) in [7, 11) is -3.77. The number of nitrogens with one attached hydrogen (secondary N) is 1. The van der Waals surface area contributed by atoms with Gasteiger partial charge in [-0.05, 0) is 49.1 Å². The monoisotopic (exact) mass is 436 g/mol. The molecular weight excluding hydrogens is 412 g/mol. The third-order valence-corrected chi connectivity index (χ3v) is 8.24. The molecule has 0 aromatic heterocycles. The molecule has 156 valence electrons. The van der Waals surface area contributed by atoms with Crippen molar-refractivity contribution in [2.24, 2.45) is 0 Å². The summed E-state index contributed by atoms with van der Waals surface area (Å²) in [5.41, 5.74) is -0.763. The highest BCUT2D eigenvalue weighted by Gasteiger charge is 2.50. The molecule has 2 aromatic carbocycles. The molecule has 1 saturated heterocycles. The molecule has 0 bridgehead atoms.